The molecular weight excluding hydrogens is 218 g/mol. The van der Waals surface area contributed by atoms with E-state index in [0.717, 1.165) is 18.8 Å². The molecule has 0 aromatic carbocycles. The summed E-state index contributed by atoms with van der Waals surface area (Å²) in [6.45, 7) is 0.938. The molecule has 0 aliphatic carbocycles. The van der Waals surface area contributed by atoms with Crippen LogP contribution in [0, 0.1) is 0 Å². The molecule has 5 heteroatoms. The van der Waals surface area contributed by atoms with E-state index in [-0.39, 0.29) is 0 Å². The Morgan fingerprint density at radius 2 is 2.29 bits per heavy atom. The zero-order chi connectivity index (χ0) is 10.2. The Morgan fingerprint density at radius 1 is 1.43 bits per heavy atom. The summed E-state index contributed by atoms with van der Waals surface area (Å²) in [5, 5.41) is 3.68. The Hall–Kier alpha value is -0.480. The molecule has 1 heterocycles. The standard InChI is InChI=1S/C9H14ClN3S/c1-14-5-3-2-4-11-9-6-8(10)12-7-13-9/h6-7H,2-5H2,1H3,(H,11,12,13). The molecule has 0 bridgehead atoms. The fourth-order valence-corrected chi connectivity index (χ4v) is 1.66. The minimum atomic E-state index is 0.478. The second-order valence-corrected chi connectivity index (χ2v) is 4.23. The zero-order valence-electron chi connectivity index (χ0n) is 8.16. The van der Waals surface area contributed by atoms with E-state index in [4.69, 9.17) is 11.6 Å². The molecule has 0 saturated heterocycles. The van der Waals surface area contributed by atoms with Crippen LogP contribution in [0.3, 0.4) is 0 Å². The van der Waals surface area contributed by atoms with Crippen LogP contribution in [-0.4, -0.2) is 28.5 Å². The van der Waals surface area contributed by atoms with Gasteiger partial charge in [0.15, 0.2) is 0 Å². The number of nitrogens with one attached hydrogen (secondary N) is 1. The van der Waals surface area contributed by atoms with E-state index in [1.165, 1.54) is 18.5 Å². The van der Waals surface area contributed by atoms with Gasteiger partial charge in [-0.3, -0.25) is 0 Å². The number of unbranched alkanes of at least 4 members (excludes halogenated alkanes) is 1. The summed E-state index contributed by atoms with van der Waals surface area (Å²) in [6, 6.07) is 1.73. The minimum Gasteiger partial charge on any atom is -0.370 e. The predicted molar refractivity (Wildman–Crippen MR) is 63.1 cm³/mol. The van der Waals surface area contributed by atoms with E-state index in [0.29, 0.717) is 5.15 Å². The van der Waals surface area contributed by atoms with Gasteiger partial charge in [0.2, 0.25) is 0 Å². The first-order valence-corrected chi connectivity index (χ1v) is 6.30. The van der Waals surface area contributed by atoms with Gasteiger partial charge in [0.25, 0.3) is 0 Å². The lowest BCUT2D eigenvalue weighted by atomic mass is 10.3. The molecule has 14 heavy (non-hydrogen) atoms. The van der Waals surface area contributed by atoms with Crippen LogP contribution in [0.5, 0.6) is 0 Å². The third-order valence-electron chi connectivity index (χ3n) is 1.72. The number of anilines is 1. The fraction of sp³-hybridized carbons (Fsp3) is 0.556. The first-order valence-electron chi connectivity index (χ1n) is 4.53. The van der Waals surface area contributed by atoms with Crippen molar-refractivity contribution in [2.24, 2.45) is 0 Å². The van der Waals surface area contributed by atoms with E-state index in [1.54, 1.807) is 6.07 Å². The maximum absolute atomic E-state index is 5.71. The van der Waals surface area contributed by atoms with Crippen molar-refractivity contribution in [2.75, 3.05) is 23.9 Å². The maximum Gasteiger partial charge on any atom is 0.134 e. The van der Waals surface area contributed by atoms with Crippen LogP contribution in [0.25, 0.3) is 0 Å². The first kappa shape index (κ1) is 11.6. The lowest BCUT2D eigenvalue weighted by Crippen LogP contribution is -2.03. The third-order valence-corrected chi connectivity index (χ3v) is 2.62. The highest BCUT2D eigenvalue weighted by atomic mass is 35.5. The topological polar surface area (TPSA) is 37.8 Å². The van der Waals surface area contributed by atoms with Crippen LogP contribution >= 0.6 is 23.4 Å². The lowest BCUT2D eigenvalue weighted by molar-refractivity contribution is 0.839. The molecule has 1 aromatic heterocycles. The van der Waals surface area contributed by atoms with Crippen LogP contribution in [0.15, 0.2) is 12.4 Å². The van der Waals surface area contributed by atoms with Gasteiger partial charge in [0.1, 0.15) is 17.3 Å². The van der Waals surface area contributed by atoms with Crippen molar-refractivity contribution < 1.29 is 0 Å². The Bertz CT molecular complexity index is 270. The average molecular weight is 232 g/mol. The Balaban J connectivity index is 2.18. The van der Waals surface area contributed by atoms with Gasteiger partial charge in [-0.05, 0) is 24.9 Å². The Morgan fingerprint density at radius 3 is 3.00 bits per heavy atom. The molecular formula is C9H14ClN3S. The largest absolute Gasteiger partial charge is 0.370 e. The van der Waals surface area contributed by atoms with Crippen molar-refractivity contribution in [3.8, 4) is 0 Å². The van der Waals surface area contributed by atoms with Gasteiger partial charge in [0, 0.05) is 12.6 Å². The third kappa shape index (κ3) is 4.67. The van der Waals surface area contributed by atoms with Crippen LogP contribution < -0.4 is 5.32 Å². The summed E-state index contributed by atoms with van der Waals surface area (Å²) in [5.74, 6) is 2.01. The lowest BCUT2D eigenvalue weighted by Gasteiger charge is -2.04. The molecule has 0 fully saturated rings. The van der Waals surface area contributed by atoms with Crippen molar-refractivity contribution in [1.29, 1.82) is 0 Å². The molecule has 0 aliphatic heterocycles. The maximum atomic E-state index is 5.71. The summed E-state index contributed by atoms with van der Waals surface area (Å²) in [6.07, 6.45) is 5.97. The van der Waals surface area contributed by atoms with Gasteiger partial charge in [-0.1, -0.05) is 11.6 Å². The smallest absolute Gasteiger partial charge is 0.134 e. The average Bonchev–Trinajstić information content (AvgIpc) is 2.18. The molecule has 0 radical (unpaired) electrons. The molecule has 0 spiro atoms. The number of aromatic nitrogens is 2. The quantitative estimate of drug-likeness (QED) is 0.604. The minimum absolute atomic E-state index is 0.478. The SMILES string of the molecule is CSCCCCNc1cc(Cl)ncn1. The summed E-state index contributed by atoms with van der Waals surface area (Å²) in [5.41, 5.74) is 0. The molecule has 78 valence electrons. The highest BCUT2D eigenvalue weighted by Crippen LogP contribution is 2.08. The van der Waals surface area contributed by atoms with Crippen LogP contribution in [0.1, 0.15) is 12.8 Å². The number of halogens is 1. The van der Waals surface area contributed by atoms with Crippen LogP contribution in [0.2, 0.25) is 5.15 Å². The second-order valence-electron chi connectivity index (χ2n) is 2.85. The number of hydrogen-bond donors (Lipinski definition) is 1. The van der Waals surface area contributed by atoms with Gasteiger partial charge in [-0.25, -0.2) is 9.97 Å². The van der Waals surface area contributed by atoms with E-state index in [9.17, 15) is 0 Å². The number of rotatable bonds is 6. The van der Waals surface area contributed by atoms with Gasteiger partial charge in [0.05, 0.1) is 0 Å². The molecule has 0 atom stereocenters. The molecule has 0 amide bonds. The fourth-order valence-electron chi connectivity index (χ4n) is 1.02. The van der Waals surface area contributed by atoms with Crippen molar-refractivity contribution in [2.45, 2.75) is 12.8 Å². The summed E-state index contributed by atoms with van der Waals surface area (Å²) < 4.78 is 0. The van der Waals surface area contributed by atoms with Crippen LogP contribution in [0.4, 0.5) is 5.82 Å². The second kappa shape index (κ2) is 6.90. The monoisotopic (exact) mass is 231 g/mol. The number of nitrogens with zero attached hydrogens (tertiary/aromatic N) is 2. The van der Waals surface area contributed by atoms with Crippen LogP contribution in [-0.2, 0) is 0 Å². The summed E-state index contributed by atoms with van der Waals surface area (Å²) >= 11 is 7.59. The highest BCUT2D eigenvalue weighted by Gasteiger charge is 1.94. The summed E-state index contributed by atoms with van der Waals surface area (Å²) in [4.78, 5) is 7.85. The van der Waals surface area contributed by atoms with E-state index in [2.05, 4.69) is 21.5 Å². The van der Waals surface area contributed by atoms with E-state index >= 15 is 0 Å². The normalized spacial score (nSPS) is 10.1. The van der Waals surface area contributed by atoms with Gasteiger partial charge in [-0.2, -0.15) is 11.8 Å². The highest BCUT2D eigenvalue weighted by molar-refractivity contribution is 7.98. The van der Waals surface area contributed by atoms with Crippen molar-refractivity contribution in [1.82, 2.24) is 9.97 Å². The van der Waals surface area contributed by atoms with Gasteiger partial charge >= 0.3 is 0 Å². The van der Waals surface area contributed by atoms with Crippen molar-refractivity contribution >= 4 is 29.2 Å². The molecule has 1 rings (SSSR count). The van der Waals surface area contributed by atoms with Crippen molar-refractivity contribution in [3.63, 3.8) is 0 Å². The first-order chi connectivity index (χ1) is 6.83. The summed E-state index contributed by atoms with van der Waals surface area (Å²) in [7, 11) is 0. The molecule has 0 saturated carbocycles. The predicted octanol–water partition coefficient (Wildman–Crippen LogP) is 2.69. The molecule has 1 N–H and O–H groups in total. The molecule has 0 aliphatic rings. The molecule has 1 aromatic rings. The number of thioether (sulfide) groups is 1. The molecule has 0 unspecified atom stereocenters. The van der Waals surface area contributed by atoms with Gasteiger partial charge in [-0.15, -0.1) is 0 Å². The number of hydrogen-bond acceptors (Lipinski definition) is 4. The molecule has 3 nitrogen and oxygen atoms in total. The Kier molecular flexibility index (Phi) is 5.71. The Labute approximate surface area is 93.7 Å². The van der Waals surface area contributed by atoms with Crippen molar-refractivity contribution in [3.05, 3.63) is 17.5 Å². The zero-order valence-corrected chi connectivity index (χ0v) is 9.74. The van der Waals surface area contributed by atoms with E-state index < -0.39 is 0 Å². The van der Waals surface area contributed by atoms with Gasteiger partial charge < -0.3 is 5.32 Å². The van der Waals surface area contributed by atoms with E-state index in [1.807, 2.05) is 11.8 Å².